The summed E-state index contributed by atoms with van der Waals surface area (Å²) in [6.07, 6.45) is 0. The molecular weight excluding hydrogens is 691 g/mol. The van der Waals surface area contributed by atoms with Gasteiger partial charge in [0.05, 0.1) is 26.2 Å². The SMILES string of the molecule is O=C(O)CN(CCN(CC(=O)O)CC(=O)O)CC(=O)O.O=C(O)CN(CCN(CC(=O)O)CC(=O)O[CH]=[Cu])CC(=O)O.[Cu+]. The van der Waals surface area contributed by atoms with Gasteiger partial charge in [-0.25, -0.2) is 0 Å². The Labute approximate surface area is 262 Å². The van der Waals surface area contributed by atoms with Crippen LogP contribution >= 0.6 is 0 Å². The number of aliphatic carboxylic acids is 7. The van der Waals surface area contributed by atoms with Gasteiger partial charge in [-0.1, -0.05) is 0 Å². The molecule has 0 aliphatic rings. The second-order valence-electron chi connectivity index (χ2n) is 8.16. The van der Waals surface area contributed by atoms with Gasteiger partial charge in [0.25, 0.3) is 0 Å². The van der Waals surface area contributed by atoms with E-state index in [1.54, 1.807) is 0 Å². The first kappa shape index (κ1) is 44.0. The molecule has 20 nitrogen and oxygen atoms in total. The predicted molar refractivity (Wildman–Crippen MR) is 131 cm³/mol. The number of nitrogens with zero attached hydrogens (tertiary/aromatic N) is 4. The van der Waals surface area contributed by atoms with E-state index in [-0.39, 0.29) is 49.8 Å². The van der Waals surface area contributed by atoms with Gasteiger partial charge in [0, 0.05) is 13.1 Å². The van der Waals surface area contributed by atoms with Crippen LogP contribution in [0.5, 0.6) is 0 Å². The van der Waals surface area contributed by atoms with E-state index in [1.807, 2.05) is 0 Å². The van der Waals surface area contributed by atoms with E-state index >= 15 is 0 Å². The zero-order chi connectivity index (χ0) is 32.8. The van der Waals surface area contributed by atoms with Crippen LogP contribution in [0.2, 0.25) is 0 Å². The monoisotopic (exact) mass is 722 g/mol. The molecule has 0 radical (unpaired) electrons. The van der Waals surface area contributed by atoms with Gasteiger partial charge in [-0.15, -0.1) is 0 Å². The third-order valence-corrected chi connectivity index (χ3v) is 4.61. The Hall–Kier alpha value is -3.49. The van der Waals surface area contributed by atoms with E-state index in [4.69, 9.17) is 35.7 Å². The van der Waals surface area contributed by atoms with Crippen molar-refractivity contribution >= 4 is 52.9 Å². The van der Waals surface area contributed by atoms with Crippen LogP contribution in [0.4, 0.5) is 0 Å². The quantitative estimate of drug-likeness (QED) is 0.0387. The summed E-state index contributed by atoms with van der Waals surface area (Å²) in [4.78, 5) is 89.9. The molecule has 0 amide bonds. The Morgan fingerprint density at radius 2 is 0.628 bits per heavy atom. The Balaban J connectivity index is -0.000000730. The summed E-state index contributed by atoms with van der Waals surface area (Å²) in [7, 11) is 0. The smallest absolute Gasteiger partial charge is 1.00 e. The Morgan fingerprint density at radius 1 is 0.442 bits per heavy atom. The zero-order valence-electron chi connectivity index (χ0n) is 22.3. The van der Waals surface area contributed by atoms with Gasteiger partial charge in [0.15, 0.2) is 0 Å². The Morgan fingerprint density at radius 3 is 0.791 bits per heavy atom. The molecule has 0 atom stereocenters. The van der Waals surface area contributed by atoms with E-state index < -0.39 is 93.6 Å². The van der Waals surface area contributed by atoms with E-state index in [0.29, 0.717) is 0 Å². The van der Waals surface area contributed by atoms with Crippen molar-refractivity contribution in [2.45, 2.75) is 0 Å². The van der Waals surface area contributed by atoms with Gasteiger partial charge >= 0.3 is 174 Å². The normalized spacial score (nSPS) is 10.4. The van der Waals surface area contributed by atoms with Crippen LogP contribution in [0.1, 0.15) is 0 Å². The van der Waals surface area contributed by atoms with E-state index in [1.165, 1.54) is 4.90 Å². The maximum Gasteiger partial charge on any atom is 1.00 e. The van der Waals surface area contributed by atoms with E-state index in [2.05, 4.69) is 20.3 Å². The molecule has 0 saturated heterocycles. The van der Waals surface area contributed by atoms with Crippen LogP contribution < -0.4 is 0 Å². The second-order valence-corrected chi connectivity index (χ2v) is 8.38. The molecule has 43 heavy (non-hydrogen) atoms. The number of carboxylic acid groups (broad SMARTS) is 7. The molecule has 253 valence electrons. The molecule has 0 spiro atoms. The number of ether oxygens (including phenoxy) is 1. The van der Waals surface area contributed by atoms with Crippen LogP contribution in [0.15, 0.2) is 0 Å². The molecule has 0 aromatic rings. The molecule has 0 rings (SSSR count). The Bertz CT molecular complexity index is 899. The molecule has 0 aromatic heterocycles. The van der Waals surface area contributed by atoms with E-state index in [9.17, 15) is 38.4 Å². The molecule has 0 heterocycles. The molecule has 0 saturated carbocycles. The minimum atomic E-state index is -1.23. The third kappa shape index (κ3) is 29.8. The summed E-state index contributed by atoms with van der Waals surface area (Å²) >= 11 is 4.47. The first-order chi connectivity index (χ1) is 19.4. The number of rotatable bonds is 23. The zero-order valence-corrected chi connectivity index (χ0v) is 24.1. The summed E-state index contributed by atoms with van der Waals surface area (Å²) in [5.74, 6) is -9.31. The van der Waals surface area contributed by atoms with Crippen molar-refractivity contribution in [3.05, 3.63) is 0 Å². The molecule has 0 unspecified atom stereocenters. The molecule has 0 fully saturated rings. The number of carbonyl (C=O) groups is 8. The average molecular weight is 724 g/mol. The van der Waals surface area contributed by atoms with Gasteiger partial charge in [-0.3, -0.25) is 29.0 Å². The third-order valence-electron chi connectivity index (χ3n) is 4.50. The maximum absolute atomic E-state index is 11.3. The van der Waals surface area contributed by atoms with Crippen molar-refractivity contribution in [1.82, 2.24) is 19.6 Å². The van der Waals surface area contributed by atoms with Crippen LogP contribution in [0.3, 0.4) is 0 Å². The molecule has 0 bridgehead atoms. The van der Waals surface area contributed by atoms with Gasteiger partial charge in [0.2, 0.25) is 0 Å². The van der Waals surface area contributed by atoms with Crippen molar-refractivity contribution < 1.29 is 111 Å². The number of carbonyl (C=O) groups excluding carboxylic acids is 1. The number of hydrogen-bond acceptors (Lipinski definition) is 13. The van der Waals surface area contributed by atoms with Crippen molar-refractivity contribution in [2.24, 2.45) is 0 Å². The second kappa shape index (κ2) is 25.0. The summed E-state index contributed by atoms with van der Waals surface area (Å²) < 4.78 is 4.40. The fourth-order valence-electron chi connectivity index (χ4n) is 3.02. The topological polar surface area (TPSA) is 300 Å². The molecular formula is C21H32Cu2N4O16+. The summed E-state index contributed by atoms with van der Waals surface area (Å²) in [5, 5.41) is 61.3. The van der Waals surface area contributed by atoms with Gasteiger partial charge in [0.1, 0.15) is 0 Å². The predicted octanol–water partition coefficient (Wildman–Crippen LogP) is -4.38. The van der Waals surface area contributed by atoms with Crippen LogP contribution in [0, 0.1) is 0 Å². The van der Waals surface area contributed by atoms with Crippen LogP contribution in [-0.2, 0) is 75.7 Å². The fourth-order valence-corrected chi connectivity index (χ4v) is 3.14. The number of hydrogen-bond donors (Lipinski definition) is 7. The van der Waals surface area contributed by atoms with E-state index in [0.717, 1.165) is 19.8 Å². The summed E-state index contributed by atoms with van der Waals surface area (Å²) in [5.41, 5.74) is 0. The molecule has 0 aromatic carbocycles. The van der Waals surface area contributed by atoms with Gasteiger partial charge < -0.3 is 20.4 Å². The van der Waals surface area contributed by atoms with Crippen molar-refractivity contribution in [3.8, 4) is 0 Å². The standard InChI is InChI=1S/C11H16N2O8.C10H16N2O8.2Cu/c1-21-11(20)7-13(6-10(18)19)3-2-12(4-8(14)15)5-9(16)17;13-7(14)3-11(4-8(15)16)1-2-12(5-9(17)18)6-10(19)20;;/h1H,2-7H2,(H,14,15)(H,16,17)(H,18,19);1-6H2,(H,13,14)(H,15,16)(H,17,18)(H,19,20);;/q;;;+1. The maximum atomic E-state index is 11.3. The molecule has 0 aliphatic heterocycles. The fraction of sp³-hybridized carbons (Fsp3) is 0.571. The molecule has 22 heteroatoms. The minimum Gasteiger partial charge on any atom is 1.00 e. The van der Waals surface area contributed by atoms with Crippen molar-refractivity contribution in [1.29, 1.82) is 0 Å². The van der Waals surface area contributed by atoms with Gasteiger partial charge in [-0.2, -0.15) is 0 Å². The van der Waals surface area contributed by atoms with Crippen LogP contribution in [0.25, 0.3) is 0 Å². The summed E-state index contributed by atoms with van der Waals surface area (Å²) in [6.45, 7) is -4.22. The van der Waals surface area contributed by atoms with Gasteiger partial charge in [-0.05, 0) is 0 Å². The van der Waals surface area contributed by atoms with Crippen molar-refractivity contribution in [2.75, 3.05) is 78.5 Å². The minimum absolute atomic E-state index is 0. The van der Waals surface area contributed by atoms with Crippen LogP contribution in [-0.4, -0.2) is 187 Å². The molecule has 0 aliphatic carbocycles. The largest absolute Gasteiger partial charge is 1.00 e. The Kier molecular flexibility index (Phi) is 25.6. The first-order valence-electron chi connectivity index (χ1n) is 11.4. The number of esters is 1. The van der Waals surface area contributed by atoms with Crippen molar-refractivity contribution in [3.63, 3.8) is 0 Å². The first-order valence-corrected chi connectivity index (χ1v) is 12.0. The molecule has 7 N–H and O–H groups in total. The number of carboxylic acids is 7. The summed E-state index contributed by atoms with van der Waals surface area (Å²) in [6, 6.07) is 0. The average Bonchev–Trinajstić information content (AvgIpc) is 2.78.